The van der Waals surface area contributed by atoms with Crippen molar-refractivity contribution in [3.8, 4) is 5.88 Å². The molecular formula is C29H25ClFN5O4. The number of halogens is 2. The molecule has 0 unspecified atom stereocenters. The smallest absolute Gasteiger partial charge is 0.335 e. The molecule has 0 radical (unpaired) electrons. The fourth-order valence-corrected chi connectivity index (χ4v) is 5.26. The van der Waals surface area contributed by atoms with Gasteiger partial charge in [-0.15, -0.1) is 0 Å². The number of nitrogens with zero attached hydrogens (tertiary/aromatic N) is 5. The summed E-state index contributed by atoms with van der Waals surface area (Å²) in [5, 5.41) is 9.86. The fraction of sp³-hybridized carbons (Fsp3) is 0.310. The van der Waals surface area contributed by atoms with Gasteiger partial charge in [-0.2, -0.15) is 0 Å². The van der Waals surface area contributed by atoms with Crippen molar-refractivity contribution in [2.45, 2.75) is 45.2 Å². The Balaban J connectivity index is 1.22. The second kappa shape index (κ2) is 10.8. The van der Waals surface area contributed by atoms with E-state index in [2.05, 4.69) is 19.3 Å². The third kappa shape index (κ3) is 5.23. The van der Waals surface area contributed by atoms with Gasteiger partial charge < -0.3 is 19.1 Å². The van der Waals surface area contributed by atoms with Crippen LogP contribution < -0.4 is 4.74 Å². The zero-order chi connectivity index (χ0) is 27.8. The summed E-state index contributed by atoms with van der Waals surface area (Å²) in [6.07, 6.45) is 1.78. The first-order chi connectivity index (χ1) is 19.4. The van der Waals surface area contributed by atoms with E-state index in [0.29, 0.717) is 30.2 Å². The van der Waals surface area contributed by atoms with E-state index in [0.717, 1.165) is 54.1 Å². The summed E-state index contributed by atoms with van der Waals surface area (Å²) in [4.78, 5) is 26.6. The molecule has 6 rings (SSSR count). The summed E-state index contributed by atoms with van der Waals surface area (Å²) in [7, 11) is 0. The average Bonchev–Trinajstić information content (AvgIpc) is 3.25. The van der Waals surface area contributed by atoms with Crippen molar-refractivity contribution >= 4 is 34.3 Å². The number of imidazole rings is 1. The standard InChI is InChI=1S/C29H25ClFN5O4/c1-32-20-4-2-19(23(31)12-20)16-40-28-22(30)10-17-6-8-35(14-25(17)34-28)15-27-33-24-5-3-18(29(37)38)11-26(24)36(27)13-21-7-9-39-21/h2-5,10-12,21H,6-9,13-16H2,(H,37,38)/t21-/m0/s1. The van der Waals surface area contributed by atoms with Gasteiger partial charge in [0.25, 0.3) is 0 Å². The number of benzene rings is 2. The second-order valence-electron chi connectivity index (χ2n) is 9.95. The lowest BCUT2D eigenvalue weighted by Gasteiger charge is -2.30. The van der Waals surface area contributed by atoms with Gasteiger partial charge in [0.1, 0.15) is 23.3 Å². The predicted octanol–water partition coefficient (Wildman–Crippen LogP) is 5.40. The Morgan fingerprint density at radius 3 is 2.83 bits per heavy atom. The SMILES string of the molecule is [C-]#[N+]c1ccc(COc2nc3c(cc2Cl)CCN(Cc2nc4ccc(C(=O)O)cc4n2C[C@@H]2CCO2)C3)c(F)c1. The van der Waals surface area contributed by atoms with Gasteiger partial charge >= 0.3 is 5.97 Å². The molecule has 40 heavy (non-hydrogen) atoms. The Kier molecular flexibility index (Phi) is 7.11. The van der Waals surface area contributed by atoms with Crippen molar-refractivity contribution in [2.75, 3.05) is 13.2 Å². The minimum absolute atomic E-state index is 0.0646. The number of carboxylic acid groups (broad SMARTS) is 1. The lowest BCUT2D eigenvalue weighted by Crippen LogP contribution is -2.34. The molecule has 11 heteroatoms. The van der Waals surface area contributed by atoms with Crippen LogP contribution in [0.4, 0.5) is 10.1 Å². The molecule has 2 aliphatic heterocycles. The van der Waals surface area contributed by atoms with E-state index in [1.807, 2.05) is 6.07 Å². The summed E-state index contributed by atoms with van der Waals surface area (Å²) in [6.45, 7) is 10.2. The van der Waals surface area contributed by atoms with Gasteiger partial charge in [-0.3, -0.25) is 4.90 Å². The molecule has 4 aromatic rings. The molecular weight excluding hydrogens is 537 g/mol. The number of carbonyl (C=O) groups is 1. The van der Waals surface area contributed by atoms with Crippen LogP contribution in [0.2, 0.25) is 5.02 Å². The molecule has 4 heterocycles. The van der Waals surface area contributed by atoms with E-state index in [-0.39, 0.29) is 29.8 Å². The van der Waals surface area contributed by atoms with Crippen LogP contribution in [0.5, 0.6) is 5.88 Å². The molecule has 0 bridgehead atoms. The van der Waals surface area contributed by atoms with Crippen LogP contribution in [0.1, 0.15) is 39.4 Å². The van der Waals surface area contributed by atoms with Gasteiger partial charge in [0.2, 0.25) is 5.88 Å². The quantitative estimate of drug-likeness (QED) is 0.288. The van der Waals surface area contributed by atoms with Gasteiger partial charge in [-0.1, -0.05) is 23.7 Å². The highest BCUT2D eigenvalue weighted by molar-refractivity contribution is 6.31. The number of hydrogen-bond donors (Lipinski definition) is 1. The molecule has 2 aliphatic rings. The molecule has 1 saturated heterocycles. The van der Waals surface area contributed by atoms with Crippen molar-refractivity contribution in [3.63, 3.8) is 0 Å². The van der Waals surface area contributed by atoms with Crippen LogP contribution in [0, 0.1) is 12.4 Å². The predicted molar refractivity (Wildman–Crippen MR) is 145 cm³/mol. The lowest BCUT2D eigenvalue weighted by atomic mass is 10.1. The molecule has 1 atom stereocenters. The van der Waals surface area contributed by atoms with Crippen LogP contribution in [0.25, 0.3) is 15.9 Å². The molecule has 1 fully saturated rings. The fourth-order valence-electron chi connectivity index (χ4n) is 5.04. The minimum Gasteiger partial charge on any atom is -0.478 e. The highest BCUT2D eigenvalue weighted by Crippen LogP contribution is 2.31. The van der Waals surface area contributed by atoms with Crippen molar-refractivity contribution in [1.29, 1.82) is 0 Å². The van der Waals surface area contributed by atoms with Crippen LogP contribution in [-0.4, -0.2) is 49.8 Å². The van der Waals surface area contributed by atoms with E-state index < -0.39 is 11.8 Å². The van der Waals surface area contributed by atoms with E-state index in [1.54, 1.807) is 24.3 Å². The largest absolute Gasteiger partial charge is 0.478 e. The topological polar surface area (TPSA) is 94.1 Å². The lowest BCUT2D eigenvalue weighted by molar-refractivity contribution is -0.0592. The molecule has 204 valence electrons. The molecule has 0 amide bonds. The first-order valence-electron chi connectivity index (χ1n) is 12.9. The van der Waals surface area contributed by atoms with Crippen LogP contribution >= 0.6 is 11.6 Å². The second-order valence-corrected chi connectivity index (χ2v) is 10.4. The van der Waals surface area contributed by atoms with Gasteiger partial charge in [0.15, 0.2) is 5.69 Å². The van der Waals surface area contributed by atoms with Crippen molar-refractivity contribution in [2.24, 2.45) is 0 Å². The first kappa shape index (κ1) is 26.2. The summed E-state index contributed by atoms with van der Waals surface area (Å²) >= 11 is 6.45. The van der Waals surface area contributed by atoms with Crippen molar-refractivity contribution < 1.29 is 23.8 Å². The van der Waals surface area contributed by atoms with Gasteiger partial charge in [-0.25, -0.2) is 24.0 Å². The number of rotatable bonds is 8. The molecule has 1 N–H and O–H groups in total. The van der Waals surface area contributed by atoms with Crippen molar-refractivity contribution in [1.82, 2.24) is 19.4 Å². The zero-order valence-corrected chi connectivity index (χ0v) is 22.2. The normalized spacial score (nSPS) is 16.8. The average molecular weight is 562 g/mol. The molecule has 2 aromatic carbocycles. The number of carboxylic acids is 1. The summed E-state index contributed by atoms with van der Waals surface area (Å²) in [6, 6.07) is 11.1. The minimum atomic E-state index is -0.977. The van der Waals surface area contributed by atoms with Crippen LogP contribution in [0.3, 0.4) is 0 Å². The Labute approximate surface area is 234 Å². The first-order valence-corrected chi connectivity index (χ1v) is 13.3. The summed E-state index contributed by atoms with van der Waals surface area (Å²) in [5.41, 5.74) is 4.13. The molecule has 0 saturated carbocycles. The maximum atomic E-state index is 14.3. The number of aromatic nitrogens is 3. The Morgan fingerprint density at radius 1 is 1.25 bits per heavy atom. The van der Waals surface area contributed by atoms with Gasteiger partial charge in [0, 0.05) is 25.3 Å². The highest BCUT2D eigenvalue weighted by atomic mass is 35.5. The number of hydrogen-bond acceptors (Lipinski definition) is 6. The van der Waals surface area contributed by atoms with Crippen LogP contribution in [0.15, 0.2) is 42.5 Å². The Morgan fingerprint density at radius 2 is 2.10 bits per heavy atom. The Hall–Kier alpha value is -4.04. The number of pyridine rings is 1. The van der Waals surface area contributed by atoms with Crippen LogP contribution in [-0.2, 0) is 37.4 Å². The maximum absolute atomic E-state index is 14.3. The molecule has 0 aliphatic carbocycles. The Bertz CT molecular complexity index is 1660. The third-order valence-corrected chi connectivity index (χ3v) is 7.60. The van der Waals surface area contributed by atoms with Crippen molar-refractivity contribution in [3.05, 3.63) is 92.9 Å². The van der Waals surface area contributed by atoms with Gasteiger partial charge in [-0.05, 0) is 48.7 Å². The number of ether oxygens (including phenoxy) is 2. The van der Waals surface area contributed by atoms with E-state index in [9.17, 15) is 14.3 Å². The van der Waals surface area contributed by atoms with E-state index in [1.165, 1.54) is 12.1 Å². The zero-order valence-electron chi connectivity index (χ0n) is 21.4. The van der Waals surface area contributed by atoms with E-state index >= 15 is 0 Å². The number of aromatic carboxylic acids is 1. The number of fused-ring (bicyclic) bond motifs is 2. The summed E-state index contributed by atoms with van der Waals surface area (Å²) in [5.74, 6) is -0.430. The van der Waals surface area contributed by atoms with Gasteiger partial charge in [0.05, 0.1) is 48.1 Å². The summed E-state index contributed by atoms with van der Waals surface area (Å²) < 4.78 is 27.8. The molecule has 0 spiro atoms. The van der Waals surface area contributed by atoms with E-state index in [4.69, 9.17) is 32.6 Å². The maximum Gasteiger partial charge on any atom is 0.335 e. The monoisotopic (exact) mass is 561 g/mol. The molecule has 2 aromatic heterocycles. The molecule has 9 nitrogen and oxygen atoms in total. The highest BCUT2D eigenvalue weighted by Gasteiger charge is 2.26. The third-order valence-electron chi connectivity index (χ3n) is 7.33.